The van der Waals surface area contributed by atoms with Gasteiger partial charge in [0.15, 0.2) is 4.21 Å². The van der Waals surface area contributed by atoms with Gasteiger partial charge in [-0.25, -0.2) is 8.42 Å². The van der Waals surface area contributed by atoms with Crippen LogP contribution in [0.15, 0.2) is 15.7 Å². The Morgan fingerprint density at radius 2 is 2.39 bits per heavy atom. The molecular formula is C11H18N2O3S2. The Bertz CT molecular complexity index is 498. The minimum atomic E-state index is -3.42. The molecule has 1 aliphatic rings. The molecule has 0 spiro atoms. The van der Waals surface area contributed by atoms with E-state index in [4.69, 9.17) is 4.74 Å². The maximum absolute atomic E-state index is 12.6. The second kappa shape index (κ2) is 5.56. The van der Waals surface area contributed by atoms with Crippen LogP contribution >= 0.6 is 11.3 Å². The summed E-state index contributed by atoms with van der Waals surface area (Å²) in [6.45, 7) is 1.28. The van der Waals surface area contributed by atoms with Crippen molar-refractivity contribution in [1.29, 1.82) is 0 Å². The van der Waals surface area contributed by atoms with Gasteiger partial charge in [-0.15, -0.1) is 11.3 Å². The number of nitrogens with one attached hydrogen (secondary N) is 1. The highest BCUT2D eigenvalue weighted by atomic mass is 32.2. The average Bonchev–Trinajstić information content (AvgIpc) is 2.97. The number of ether oxygens (including phenoxy) is 1. The number of likely N-dealkylation sites (N-methyl/N-ethyl adjacent to an activating group) is 1. The predicted molar refractivity (Wildman–Crippen MR) is 71.7 cm³/mol. The Labute approximate surface area is 112 Å². The summed E-state index contributed by atoms with van der Waals surface area (Å²) in [5.41, 5.74) is 0. The first-order valence-corrected chi connectivity index (χ1v) is 8.21. The van der Waals surface area contributed by atoms with E-state index in [-0.39, 0.29) is 6.04 Å². The van der Waals surface area contributed by atoms with Crippen LogP contribution in [-0.4, -0.2) is 46.0 Å². The SMILES string of the molecule is CNC[C@H]1CCCN1S(=O)(=O)c1sccc1OC. The summed E-state index contributed by atoms with van der Waals surface area (Å²) in [5, 5.41) is 4.80. The standard InChI is InChI=1S/C11H18N2O3S2/c1-12-8-9-4-3-6-13(9)18(14,15)11-10(16-2)5-7-17-11/h5,7,9,12H,3-4,6,8H2,1-2H3/t9-/m1/s1. The fourth-order valence-electron chi connectivity index (χ4n) is 2.29. The lowest BCUT2D eigenvalue weighted by Gasteiger charge is -2.23. The molecule has 2 rings (SSSR count). The molecule has 1 saturated heterocycles. The van der Waals surface area contributed by atoms with Crippen LogP contribution in [0, 0.1) is 0 Å². The summed E-state index contributed by atoms with van der Waals surface area (Å²) in [4.78, 5) is 0. The van der Waals surface area contributed by atoms with Crippen molar-refractivity contribution < 1.29 is 13.2 Å². The quantitative estimate of drug-likeness (QED) is 0.883. The monoisotopic (exact) mass is 290 g/mol. The van der Waals surface area contributed by atoms with Crippen LogP contribution in [0.1, 0.15) is 12.8 Å². The molecule has 5 nitrogen and oxygen atoms in total. The molecule has 1 atom stereocenters. The third-order valence-corrected chi connectivity index (χ3v) is 6.50. The Morgan fingerprint density at radius 1 is 1.61 bits per heavy atom. The van der Waals surface area contributed by atoms with Crippen LogP contribution in [0.25, 0.3) is 0 Å². The van der Waals surface area contributed by atoms with Gasteiger partial charge >= 0.3 is 0 Å². The van der Waals surface area contributed by atoms with E-state index < -0.39 is 10.0 Å². The first-order valence-electron chi connectivity index (χ1n) is 5.89. The van der Waals surface area contributed by atoms with E-state index in [1.165, 1.54) is 18.4 Å². The molecule has 7 heteroatoms. The normalized spacial score (nSPS) is 21.3. The first-order chi connectivity index (χ1) is 8.61. The van der Waals surface area contributed by atoms with E-state index in [0.717, 1.165) is 12.8 Å². The zero-order chi connectivity index (χ0) is 13.2. The van der Waals surface area contributed by atoms with Crippen molar-refractivity contribution in [3.63, 3.8) is 0 Å². The Morgan fingerprint density at radius 3 is 3.06 bits per heavy atom. The van der Waals surface area contributed by atoms with Crippen molar-refractivity contribution in [2.75, 3.05) is 27.2 Å². The molecule has 0 saturated carbocycles. The van der Waals surface area contributed by atoms with E-state index >= 15 is 0 Å². The van der Waals surface area contributed by atoms with E-state index in [9.17, 15) is 8.42 Å². The van der Waals surface area contributed by atoms with Crippen LogP contribution in [0.5, 0.6) is 5.75 Å². The maximum Gasteiger partial charge on any atom is 0.256 e. The van der Waals surface area contributed by atoms with Gasteiger partial charge in [-0.2, -0.15) is 4.31 Å². The summed E-state index contributed by atoms with van der Waals surface area (Å²) < 4.78 is 32.2. The van der Waals surface area contributed by atoms with Crippen LogP contribution < -0.4 is 10.1 Å². The van der Waals surface area contributed by atoms with Crippen molar-refractivity contribution in [3.8, 4) is 5.75 Å². The molecule has 102 valence electrons. The lowest BCUT2D eigenvalue weighted by Crippen LogP contribution is -2.40. The highest BCUT2D eigenvalue weighted by molar-refractivity contribution is 7.91. The smallest absolute Gasteiger partial charge is 0.256 e. The van der Waals surface area contributed by atoms with Crippen LogP contribution in [0.2, 0.25) is 0 Å². The van der Waals surface area contributed by atoms with Crippen LogP contribution in [-0.2, 0) is 10.0 Å². The van der Waals surface area contributed by atoms with E-state index in [1.54, 1.807) is 15.8 Å². The fourth-order valence-corrected chi connectivity index (χ4v) is 5.38. The van der Waals surface area contributed by atoms with Gasteiger partial charge in [0, 0.05) is 19.1 Å². The average molecular weight is 290 g/mol. The molecule has 0 bridgehead atoms. The number of hydrogen-bond acceptors (Lipinski definition) is 5. The minimum absolute atomic E-state index is 0.0480. The molecule has 0 radical (unpaired) electrons. The third kappa shape index (κ3) is 2.40. The predicted octanol–water partition coefficient (Wildman–Crippen LogP) is 1.13. The number of hydrogen-bond donors (Lipinski definition) is 1. The molecule has 1 aliphatic heterocycles. The molecule has 0 amide bonds. The molecule has 0 unspecified atom stereocenters. The van der Waals surface area contributed by atoms with E-state index in [0.29, 0.717) is 23.0 Å². The van der Waals surface area contributed by atoms with Crippen molar-refractivity contribution >= 4 is 21.4 Å². The number of sulfonamides is 1. The minimum Gasteiger partial charge on any atom is -0.494 e. The van der Waals surface area contributed by atoms with Crippen LogP contribution in [0.4, 0.5) is 0 Å². The summed E-state index contributed by atoms with van der Waals surface area (Å²) in [6.07, 6.45) is 1.83. The van der Waals surface area contributed by atoms with Crippen molar-refractivity contribution in [2.24, 2.45) is 0 Å². The van der Waals surface area contributed by atoms with Gasteiger partial charge in [0.05, 0.1) is 7.11 Å². The molecule has 18 heavy (non-hydrogen) atoms. The summed E-state index contributed by atoms with van der Waals surface area (Å²) in [7, 11) is -0.0844. The Balaban J connectivity index is 2.31. The van der Waals surface area contributed by atoms with Crippen molar-refractivity contribution in [3.05, 3.63) is 11.4 Å². The lowest BCUT2D eigenvalue weighted by molar-refractivity contribution is 0.373. The van der Waals surface area contributed by atoms with Gasteiger partial charge < -0.3 is 10.1 Å². The molecule has 1 aromatic rings. The molecule has 1 N–H and O–H groups in total. The number of rotatable bonds is 5. The fraction of sp³-hybridized carbons (Fsp3) is 0.636. The second-order valence-electron chi connectivity index (χ2n) is 4.25. The Hall–Kier alpha value is -0.630. The molecule has 0 aliphatic carbocycles. The second-order valence-corrected chi connectivity index (χ2v) is 7.25. The molecular weight excluding hydrogens is 272 g/mol. The highest BCUT2D eigenvalue weighted by Gasteiger charge is 2.37. The first kappa shape index (κ1) is 13.8. The molecule has 1 aromatic heterocycles. The van der Waals surface area contributed by atoms with Crippen LogP contribution in [0.3, 0.4) is 0 Å². The zero-order valence-corrected chi connectivity index (χ0v) is 12.2. The Kier molecular flexibility index (Phi) is 4.26. The lowest BCUT2D eigenvalue weighted by atomic mass is 10.2. The summed E-state index contributed by atoms with van der Waals surface area (Å²) >= 11 is 1.21. The molecule has 1 fully saturated rings. The maximum atomic E-state index is 12.6. The topological polar surface area (TPSA) is 58.6 Å². The van der Waals surface area contributed by atoms with Crippen molar-refractivity contribution in [1.82, 2.24) is 9.62 Å². The number of methoxy groups -OCH3 is 1. The van der Waals surface area contributed by atoms with Crippen molar-refractivity contribution in [2.45, 2.75) is 23.1 Å². The molecule has 2 heterocycles. The van der Waals surface area contributed by atoms with Gasteiger partial charge in [-0.05, 0) is 31.3 Å². The number of nitrogens with zero attached hydrogens (tertiary/aromatic N) is 1. The molecule has 0 aromatic carbocycles. The highest BCUT2D eigenvalue weighted by Crippen LogP contribution is 2.35. The largest absolute Gasteiger partial charge is 0.494 e. The van der Waals surface area contributed by atoms with Gasteiger partial charge in [0.2, 0.25) is 0 Å². The van der Waals surface area contributed by atoms with Gasteiger partial charge in [-0.3, -0.25) is 0 Å². The van der Waals surface area contributed by atoms with Gasteiger partial charge in [0.25, 0.3) is 10.0 Å². The van der Waals surface area contributed by atoms with E-state index in [2.05, 4.69) is 5.32 Å². The number of thiophene rings is 1. The zero-order valence-electron chi connectivity index (χ0n) is 10.5. The van der Waals surface area contributed by atoms with E-state index in [1.807, 2.05) is 7.05 Å². The van der Waals surface area contributed by atoms with Gasteiger partial charge in [-0.1, -0.05) is 0 Å². The van der Waals surface area contributed by atoms with Gasteiger partial charge in [0.1, 0.15) is 5.75 Å². The summed E-state index contributed by atoms with van der Waals surface area (Å²) in [5.74, 6) is 0.440. The summed E-state index contributed by atoms with van der Waals surface area (Å²) in [6, 6.07) is 1.74. The third-order valence-electron chi connectivity index (χ3n) is 3.12.